The average Bonchev–Trinajstić information content (AvgIpc) is 2.76. The molecule has 164 valence electrons. The molecule has 0 fully saturated rings. The SMILES string of the molecule is CCCCCCCCCCCCC/C(=N\O)c1cc(-c2ccc(O)cc2)ccc1O. The number of hydrogen-bond donors (Lipinski definition) is 3. The van der Waals surface area contributed by atoms with Crippen LogP contribution in [0.15, 0.2) is 47.6 Å². The molecule has 4 heteroatoms. The first-order valence-electron chi connectivity index (χ1n) is 11.5. The van der Waals surface area contributed by atoms with Gasteiger partial charge in [0.1, 0.15) is 11.5 Å². The van der Waals surface area contributed by atoms with Crippen LogP contribution in [0.2, 0.25) is 0 Å². The second-order valence-electron chi connectivity index (χ2n) is 8.11. The van der Waals surface area contributed by atoms with Gasteiger partial charge in [0, 0.05) is 5.56 Å². The second kappa shape index (κ2) is 13.7. The Kier molecular flexibility index (Phi) is 10.8. The van der Waals surface area contributed by atoms with Crippen LogP contribution >= 0.6 is 0 Å². The Morgan fingerprint density at radius 3 is 1.80 bits per heavy atom. The van der Waals surface area contributed by atoms with Crippen LogP contribution in [0.5, 0.6) is 11.5 Å². The van der Waals surface area contributed by atoms with Gasteiger partial charge < -0.3 is 15.4 Å². The summed E-state index contributed by atoms with van der Waals surface area (Å²) in [5, 5.41) is 32.7. The van der Waals surface area contributed by atoms with E-state index in [0.717, 1.165) is 24.0 Å². The normalized spacial score (nSPS) is 11.7. The first-order valence-corrected chi connectivity index (χ1v) is 11.5. The summed E-state index contributed by atoms with van der Waals surface area (Å²) in [6.45, 7) is 2.25. The molecular formula is C26H37NO3. The molecule has 0 aliphatic heterocycles. The van der Waals surface area contributed by atoms with E-state index in [1.54, 1.807) is 18.2 Å². The smallest absolute Gasteiger partial charge is 0.124 e. The van der Waals surface area contributed by atoms with Crippen molar-refractivity contribution in [2.24, 2.45) is 5.16 Å². The molecule has 30 heavy (non-hydrogen) atoms. The summed E-state index contributed by atoms with van der Waals surface area (Å²) in [6, 6.07) is 12.2. The summed E-state index contributed by atoms with van der Waals surface area (Å²) in [7, 11) is 0. The highest BCUT2D eigenvalue weighted by Gasteiger charge is 2.12. The van der Waals surface area contributed by atoms with Crippen LogP contribution in [0.3, 0.4) is 0 Å². The maximum atomic E-state index is 10.3. The zero-order valence-electron chi connectivity index (χ0n) is 18.3. The lowest BCUT2D eigenvalue weighted by atomic mass is 9.97. The Hall–Kier alpha value is -2.49. The van der Waals surface area contributed by atoms with Gasteiger partial charge in [-0.05, 0) is 48.2 Å². The number of nitrogens with zero attached hydrogens (tertiary/aromatic N) is 1. The van der Waals surface area contributed by atoms with E-state index in [0.29, 0.717) is 17.7 Å². The van der Waals surface area contributed by atoms with Gasteiger partial charge in [0.2, 0.25) is 0 Å². The molecule has 2 aromatic carbocycles. The highest BCUT2D eigenvalue weighted by molar-refractivity contribution is 6.03. The van der Waals surface area contributed by atoms with E-state index in [9.17, 15) is 15.4 Å². The van der Waals surface area contributed by atoms with Gasteiger partial charge >= 0.3 is 0 Å². The molecule has 0 aliphatic rings. The van der Waals surface area contributed by atoms with Gasteiger partial charge in [-0.2, -0.15) is 0 Å². The highest BCUT2D eigenvalue weighted by Crippen LogP contribution is 2.28. The van der Waals surface area contributed by atoms with Crippen LogP contribution in [0.25, 0.3) is 11.1 Å². The first-order chi connectivity index (χ1) is 14.7. The van der Waals surface area contributed by atoms with Crippen molar-refractivity contribution >= 4 is 5.71 Å². The fourth-order valence-electron chi connectivity index (χ4n) is 3.80. The number of aromatic hydroxyl groups is 2. The molecule has 0 heterocycles. The van der Waals surface area contributed by atoms with Gasteiger partial charge in [-0.25, -0.2) is 0 Å². The van der Waals surface area contributed by atoms with E-state index in [-0.39, 0.29) is 11.5 Å². The topological polar surface area (TPSA) is 73.1 Å². The van der Waals surface area contributed by atoms with Crippen molar-refractivity contribution in [2.45, 2.75) is 84.0 Å². The van der Waals surface area contributed by atoms with Crippen molar-refractivity contribution in [1.82, 2.24) is 0 Å². The summed E-state index contributed by atoms with van der Waals surface area (Å²) in [4.78, 5) is 0. The molecule has 0 aliphatic carbocycles. The molecule has 2 aromatic rings. The fourth-order valence-corrected chi connectivity index (χ4v) is 3.80. The van der Waals surface area contributed by atoms with Gasteiger partial charge in [-0.15, -0.1) is 0 Å². The Balaban J connectivity index is 1.77. The third kappa shape index (κ3) is 8.10. The lowest BCUT2D eigenvalue weighted by Gasteiger charge is -2.10. The summed E-state index contributed by atoms with van der Waals surface area (Å²) in [6.07, 6.45) is 14.6. The maximum Gasteiger partial charge on any atom is 0.124 e. The predicted molar refractivity (Wildman–Crippen MR) is 125 cm³/mol. The molecule has 0 amide bonds. The van der Waals surface area contributed by atoms with Gasteiger partial charge in [0.15, 0.2) is 0 Å². The molecule has 4 nitrogen and oxygen atoms in total. The van der Waals surface area contributed by atoms with Crippen molar-refractivity contribution in [3.63, 3.8) is 0 Å². The Morgan fingerprint density at radius 1 is 0.700 bits per heavy atom. The van der Waals surface area contributed by atoms with E-state index in [2.05, 4.69) is 12.1 Å². The van der Waals surface area contributed by atoms with E-state index < -0.39 is 0 Å². The molecule has 0 saturated carbocycles. The Morgan fingerprint density at radius 2 is 1.23 bits per heavy atom. The summed E-state index contributed by atoms with van der Waals surface area (Å²) >= 11 is 0. The molecule has 0 atom stereocenters. The molecule has 0 radical (unpaired) electrons. The fraction of sp³-hybridized carbons (Fsp3) is 0.500. The Labute approximate surface area is 181 Å². The number of phenols is 2. The molecule has 0 aromatic heterocycles. The van der Waals surface area contributed by atoms with E-state index in [4.69, 9.17) is 0 Å². The van der Waals surface area contributed by atoms with Crippen LogP contribution in [0.1, 0.15) is 89.5 Å². The third-order valence-corrected chi connectivity index (χ3v) is 5.65. The quantitative estimate of drug-likeness (QED) is 0.129. The number of rotatable bonds is 14. The number of hydrogen-bond acceptors (Lipinski definition) is 4. The number of phenolic OH excluding ortho intramolecular Hbond substituents is 2. The number of benzene rings is 2. The van der Waals surface area contributed by atoms with Crippen LogP contribution in [0, 0.1) is 0 Å². The monoisotopic (exact) mass is 411 g/mol. The first kappa shape index (κ1) is 23.8. The van der Waals surface area contributed by atoms with Crippen molar-refractivity contribution < 1.29 is 15.4 Å². The number of unbranched alkanes of at least 4 members (excludes halogenated alkanes) is 10. The van der Waals surface area contributed by atoms with Crippen molar-refractivity contribution in [1.29, 1.82) is 0 Å². The summed E-state index contributed by atoms with van der Waals surface area (Å²) in [5.74, 6) is 0.334. The average molecular weight is 412 g/mol. The molecule has 3 N–H and O–H groups in total. The minimum Gasteiger partial charge on any atom is -0.508 e. The zero-order chi connectivity index (χ0) is 21.6. The molecule has 0 unspecified atom stereocenters. The van der Waals surface area contributed by atoms with Crippen molar-refractivity contribution in [2.75, 3.05) is 0 Å². The molecule has 0 spiro atoms. The van der Waals surface area contributed by atoms with Gasteiger partial charge in [0.25, 0.3) is 0 Å². The molecular weight excluding hydrogens is 374 g/mol. The second-order valence-corrected chi connectivity index (χ2v) is 8.11. The maximum absolute atomic E-state index is 10.3. The Bertz CT molecular complexity index is 768. The van der Waals surface area contributed by atoms with Crippen LogP contribution in [0.4, 0.5) is 0 Å². The standard InChI is InChI=1S/C26H37NO3/c1-2-3-4-5-6-7-8-9-10-11-12-13-25(27-30)24-20-22(16-19-26(24)29)21-14-17-23(28)18-15-21/h14-20,28-30H,2-13H2,1H3/b27-25+. The highest BCUT2D eigenvalue weighted by atomic mass is 16.4. The van der Waals surface area contributed by atoms with E-state index in [1.807, 2.05) is 24.3 Å². The summed E-state index contributed by atoms with van der Waals surface area (Å²) < 4.78 is 0. The van der Waals surface area contributed by atoms with Gasteiger partial charge in [0.05, 0.1) is 5.71 Å². The molecule has 2 rings (SSSR count). The predicted octanol–water partition coefficient (Wildman–Crippen LogP) is 7.64. The van der Waals surface area contributed by atoms with Crippen LogP contribution < -0.4 is 0 Å². The van der Waals surface area contributed by atoms with Gasteiger partial charge in [-0.3, -0.25) is 0 Å². The largest absolute Gasteiger partial charge is 0.508 e. The van der Waals surface area contributed by atoms with Crippen molar-refractivity contribution in [3.8, 4) is 22.6 Å². The van der Waals surface area contributed by atoms with Gasteiger partial charge in [-0.1, -0.05) is 94.5 Å². The van der Waals surface area contributed by atoms with Crippen LogP contribution in [-0.4, -0.2) is 21.1 Å². The molecule has 0 bridgehead atoms. The third-order valence-electron chi connectivity index (χ3n) is 5.65. The lowest BCUT2D eigenvalue weighted by molar-refractivity contribution is 0.317. The minimum atomic E-state index is 0.119. The lowest BCUT2D eigenvalue weighted by Crippen LogP contribution is -2.02. The number of oxime groups is 1. The van der Waals surface area contributed by atoms with E-state index >= 15 is 0 Å². The molecule has 0 saturated heterocycles. The van der Waals surface area contributed by atoms with Crippen LogP contribution in [-0.2, 0) is 0 Å². The van der Waals surface area contributed by atoms with Crippen molar-refractivity contribution in [3.05, 3.63) is 48.0 Å². The minimum absolute atomic E-state index is 0.119. The van der Waals surface area contributed by atoms with E-state index in [1.165, 1.54) is 57.8 Å². The summed E-state index contributed by atoms with van der Waals surface area (Å²) in [5.41, 5.74) is 2.92. The zero-order valence-corrected chi connectivity index (χ0v) is 18.3.